The highest BCUT2D eigenvalue weighted by molar-refractivity contribution is 7.07. The van der Waals surface area contributed by atoms with Crippen molar-refractivity contribution >= 4 is 28.8 Å². The van der Waals surface area contributed by atoms with Gasteiger partial charge in [-0.2, -0.15) is 11.3 Å². The van der Waals surface area contributed by atoms with Crippen LogP contribution in [0.25, 0.3) is 0 Å². The molecule has 0 aliphatic heterocycles. The van der Waals surface area contributed by atoms with Gasteiger partial charge in [0, 0.05) is 25.7 Å². The molecule has 3 rings (SSSR count). The van der Waals surface area contributed by atoms with Gasteiger partial charge in [-0.25, -0.2) is 4.98 Å². The maximum absolute atomic E-state index is 6.33. The highest BCUT2D eigenvalue weighted by Crippen LogP contribution is 2.31. The summed E-state index contributed by atoms with van der Waals surface area (Å²) in [5.41, 5.74) is 2.35. The topological polar surface area (TPSA) is 28.2 Å². The third-order valence-electron chi connectivity index (χ3n) is 3.66. The molecule has 112 valence electrons. The van der Waals surface area contributed by atoms with Gasteiger partial charge in [0.1, 0.15) is 5.82 Å². The average molecular weight is 322 g/mol. The van der Waals surface area contributed by atoms with Gasteiger partial charge in [-0.15, -0.1) is 0 Å². The summed E-state index contributed by atoms with van der Waals surface area (Å²) in [5, 5.41) is 8.37. The fourth-order valence-electron chi connectivity index (χ4n) is 2.44. The Morgan fingerprint density at radius 2 is 2.19 bits per heavy atom. The van der Waals surface area contributed by atoms with Gasteiger partial charge >= 0.3 is 0 Å². The van der Waals surface area contributed by atoms with E-state index in [1.165, 1.54) is 18.4 Å². The zero-order chi connectivity index (χ0) is 14.7. The normalized spacial score (nSPS) is 14.6. The molecule has 1 fully saturated rings. The first-order valence-electron chi connectivity index (χ1n) is 7.40. The van der Waals surface area contributed by atoms with Crippen molar-refractivity contribution in [2.24, 2.45) is 0 Å². The molecule has 0 bridgehead atoms. The largest absolute Gasteiger partial charge is 0.370 e. The molecule has 1 aliphatic carbocycles. The summed E-state index contributed by atoms with van der Waals surface area (Å²) in [5.74, 6) is 0.906. The Labute approximate surface area is 135 Å². The molecule has 2 aromatic rings. The first-order valence-corrected chi connectivity index (χ1v) is 8.72. The highest BCUT2D eigenvalue weighted by Gasteiger charge is 2.29. The summed E-state index contributed by atoms with van der Waals surface area (Å²) in [6, 6.07) is 6.77. The average Bonchev–Trinajstić information content (AvgIpc) is 3.20. The number of anilines is 1. The van der Waals surface area contributed by atoms with E-state index in [1.807, 2.05) is 12.1 Å². The van der Waals surface area contributed by atoms with E-state index >= 15 is 0 Å². The van der Waals surface area contributed by atoms with Crippen molar-refractivity contribution in [1.82, 2.24) is 9.88 Å². The first-order chi connectivity index (χ1) is 10.3. The molecular weight excluding hydrogens is 302 g/mol. The van der Waals surface area contributed by atoms with Crippen LogP contribution < -0.4 is 5.32 Å². The summed E-state index contributed by atoms with van der Waals surface area (Å²) in [6.45, 7) is 4.74. The Kier molecular flexibility index (Phi) is 4.78. The second kappa shape index (κ2) is 6.77. The maximum Gasteiger partial charge on any atom is 0.126 e. The molecule has 21 heavy (non-hydrogen) atoms. The zero-order valence-corrected chi connectivity index (χ0v) is 13.8. The van der Waals surface area contributed by atoms with Gasteiger partial charge in [0.05, 0.1) is 10.7 Å². The zero-order valence-electron chi connectivity index (χ0n) is 12.2. The number of nitrogens with one attached hydrogen (secondary N) is 1. The van der Waals surface area contributed by atoms with Crippen LogP contribution in [0.3, 0.4) is 0 Å². The molecule has 1 N–H and O–H groups in total. The van der Waals surface area contributed by atoms with Crippen molar-refractivity contribution in [3.8, 4) is 0 Å². The van der Waals surface area contributed by atoms with Crippen molar-refractivity contribution in [2.45, 2.75) is 38.9 Å². The second-order valence-corrected chi connectivity index (χ2v) is 6.61. The minimum absolute atomic E-state index is 0.686. The monoisotopic (exact) mass is 321 g/mol. The molecule has 0 radical (unpaired) electrons. The van der Waals surface area contributed by atoms with E-state index in [4.69, 9.17) is 11.6 Å². The molecular formula is C16H20ClN3S. The van der Waals surface area contributed by atoms with Crippen LogP contribution in [-0.2, 0) is 13.1 Å². The summed E-state index contributed by atoms with van der Waals surface area (Å²) >= 11 is 8.09. The number of halogens is 1. The summed E-state index contributed by atoms with van der Waals surface area (Å²) in [7, 11) is 0. The van der Waals surface area contributed by atoms with Gasteiger partial charge < -0.3 is 5.32 Å². The smallest absolute Gasteiger partial charge is 0.126 e. The van der Waals surface area contributed by atoms with Crippen LogP contribution in [0.15, 0.2) is 29.0 Å². The van der Waals surface area contributed by atoms with Crippen LogP contribution >= 0.6 is 22.9 Å². The van der Waals surface area contributed by atoms with Crippen molar-refractivity contribution in [1.29, 1.82) is 0 Å². The third kappa shape index (κ3) is 3.96. The molecule has 5 heteroatoms. The number of hydrogen-bond acceptors (Lipinski definition) is 4. The minimum Gasteiger partial charge on any atom is -0.370 e. The Balaban J connectivity index is 1.74. The maximum atomic E-state index is 6.33. The van der Waals surface area contributed by atoms with E-state index < -0.39 is 0 Å². The van der Waals surface area contributed by atoms with Crippen LogP contribution in [0.4, 0.5) is 5.82 Å². The lowest BCUT2D eigenvalue weighted by atomic mass is 10.2. The fourth-order valence-corrected chi connectivity index (χ4v) is 3.26. The summed E-state index contributed by atoms with van der Waals surface area (Å²) in [4.78, 5) is 7.15. The number of nitrogens with zero attached hydrogens (tertiary/aromatic N) is 2. The lowest BCUT2D eigenvalue weighted by molar-refractivity contribution is 0.243. The number of aromatic nitrogens is 1. The Morgan fingerprint density at radius 3 is 2.86 bits per heavy atom. The highest BCUT2D eigenvalue weighted by atomic mass is 35.5. The lowest BCUT2D eigenvalue weighted by Crippen LogP contribution is -2.25. The van der Waals surface area contributed by atoms with Crippen molar-refractivity contribution in [3.63, 3.8) is 0 Å². The van der Waals surface area contributed by atoms with Gasteiger partial charge in [-0.05, 0) is 54.3 Å². The lowest BCUT2D eigenvalue weighted by Gasteiger charge is -2.22. The van der Waals surface area contributed by atoms with E-state index in [2.05, 4.69) is 39.0 Å². The molecule has 0 aromatic carbocycles. The third-order valence-corrected chi connectivity index (χ3v) is 4.73. The van der Waals surface area contributed by atoms with Gasteiger partial charge in [0.2, 0.25) is 0 Å². The first kappa shape index (κ1) is 14.8. The van der Waals surface area contributed by atoms with Crippen LogP contribution in [0.2, 0.25) is 5.02 Å². The predicted octanol–water partition coefficient (Wildman–Crippen LogP) is 4.39. The van der Waals surface area contributed by atoms with Gasteiger partial charge in [-0.1, -0.05) is 11.6 Å². The molecule has 0 unspecified atom stereocenters. The Morgan fingerprint density at radius 1 is 1.33 bits per heavy atom. The van der Waals surface area contributed by atoms with Crippen molar-refractivity contribution in [2.75, 3.05) is 11.9 Å². The van der Waals surface area contributed by atoms with Crippen LogP contribution in [0.1, 0.15) is 31.0 Å². The van der Waals surface area contributed by atoms with Crippen LogP contribution in [-0.4, -0.2) is 22.5 Å². The summed E-state index contributed by atoms with van der Waals surface area (Å²) in [6.07, 6.45) is 2.57. The van der Waals surface area contributed by atoms with Gasteiger partial charge in [-0.3, -0.25) is 4.90 Å². The standard InChI is InChI=1S/C16H20ClN3S/c1-2-18-16-6-5-14(17)15(19-16)10-20(13-3-4-13)9-12-7-8-21-11-12/h5-8,11,13H,2-4,9-10H2,1H3,(H,18,19). The van der Waals surface area contributed by atoms with Crippen molar-refractivity contribution < 1.29 is 0 Å². The number of pyridine rings is 1. The Hall–Kier alpha value is -1.10. The second-order valence-electron chi connectivity index (χ2n) is 5.42. The van der Waals surface area contributed by atoms with E-state index in [9.17, 15) is 0 Å². The quantitative estimate of drug-likeness (QED) is 0.819. The number of thiophene rings is 1. The molecule has 0 saturated heterocycles. The van der Waals surface area contributed by atoms with E-state index in [0.717, 1.165) is 36.2 Å². The summed E-state index contributed by atoms with van der Waals surface area (Å²) < 4.78 is 0. The van der Waals surface area contributed by atoms with Gasteiger partial charge in [0.15, 0.2) is 0 Å². The molecule has 1 saturated carbocycles. The molecule has 2 heterocycles. The predicted molar refractivity (Wildman–Crippen MR) is 90.0 cm³/mol. The molecule has 3 nitrogen and oxygen atoms in total. The van der Waals surface area contributed by atoms with Crippen LogP contribution in [0.5, 0.6) is 0 Å². The minimum atomic E-state index is 0.686. The van der Waals surface area contributed by atoms with Crippen LogP contribution in [0, 0.1) is 0 Å². The van der Waals surface area contributed by atoms with Crippen molar-refractivity contribution in [3.05, 3.63) is 45.2 Å². The number of rotatable bonds is 7. The number of hydrogen-bond donors (Lipinski definition) is 1. The molecule has 0 atom stereocenters. The fraction of sp³-hybridized carbons (Fsp3) is 0.438. The Bertz CT molecular complexity index is 581. The van der Waals surface area contributed by atoms with E-state index in [0.29, 0.717) is 6.04 Å². The molecule has 0 amide bonds. The molecule has 0 spiro atoms. The molecule has 2 aromatic heterocycles. The van der Waals surface area contributed by atoms with E-state index in [-0.39, 0.29) is 0 Å². The van der Waals surface area contributed by atoms with E-state index in [1.54, 1.807) is 11.3 Å². The van der Waals surface area contributed by atoms with Gasteiger partial charge in [0.25, 0.3) is 0 Å². The molecule has 1 aliphatic rings. The SMILES string of the molecule is CCNc1ccc(Cl)c(CN(Cc2ccsc2)C2CC2)n1.